The van der Waals surface area contributed by atoms with Crippen molar-refractivity contribution in [1.82, 2.24) is 10.2 Å². The van der Waals surface area contributed by atoms with Crippen molar-refractivity contribution in [2.75, 3.05) is 23.7 Å². The van der Waals surface area contributed by atoms with Gasteiger partial charge in [0.15, 0.2) is 0 Å². The number of nitrogens with zero attached hydrogens (tertiary/aromatic N) is 2. The predicted octanol–water partition coefficient (Wildman–Crippen LogP) is 8.10. The molecule has 1 atom stereocenters. The fraction of sp³-hybridized carbons (Fsp3) is 0.417. The van der Waals surface area contributed by atoms with Crippen LogP contribution < -0.4 is 16.0 Å². The molecule has 1 saturated heterocycles. The lowest BCUT2D eigenvalue weighted by atomic mass is 9.93. The SMILES string of the molecule is C=CSC(C(=O)N1CCC(CC(=O)Nc2ccc3cc2CC/C(C=C)=C/C(=C\C)NC(C)/N=C(\C(C)=C/C)N3)CC1)=C(C)C. The highest BCUT2D eigenvalue weighted by Gasteiger charge is 2.27. The van der Waals surface area contributed by atoms with Gasteiger partial charge in [-0.1, -0.05) is 48.7 Å². The van der Waals surface area contributed by atoms with Crippen molar-refractivity contribution < 1.29 is 9.59 Å². The van der Waals surface area contributed by atoms with Gasteiger partial charge in [-0.15, -0.1) is 0 Å². The summed E-state index contributed by atoms with van der Waals surface area (Å²) >= 11 is 1.38. The number of nitrogens with one attached hydrogen (secondary N) is 3. The third-order valence-electron chi connectivity index (χ3n) is 7.97. The summed E-state index contributed by atoms with van der Waals surface area (Å²) in [6.45, 7) is 21.1. The van der Waals surface area contributed by atoms with Crippen LogP contribution >= 0.6 is 11.8 Å². The minimum absolute atomic E-state index is 0.00239. The third kappa shape index (κ3) is 9.88. The highest BCUT2D eigenvalue weighted by molar-refractivity contribution is 8.06. The quantitative estimate of drug-likeness (QED) is 0.257. The molecular formula is C36H49N5O2S. The van der Waals surface area contributed by atoms with Crippen molar-refractivity contribution >= 4 is 40.8 Å². The molecule has 2 heterocycles. The number of hydrogen-bond acceptors (Lipinski definition) is 6. The van der Waals surface area contributed by atoms with Crippen molar-refractivity contribution in [2.45, 2.75) is 79.8 Å². The van der Waals surface area contributed by atoms with Gasteiger partial charge in [0.25, 0.3) is 5.91 Å². The predicted molar refractivity (Wildman–Crippen MR) is 189 cm³/mol. The van der Waals surface area contributed by atoms with E-state index in [1.54, 1.807) is 5.41 Å². The Morgan fingerprint density at radius 3 is 2.48 bits per heavy atom. The Morgan fingerprint density at radius 1 is 1.14 bits per heavy atom. The minimum atomic E-state index is -0.148. The second kappa shape index (κ2) is 16.9. The maximum Gasteiger partial charge on any atom is 0.260 e. The van der Waals surface area contributed by atoms with Gasteiger partial charge in [0.05, 0.1) is 4.91 Å². The van der Waals surface area contributed by atoms with Crippen LogP contribution in [0.1, 0.15) is 72.8 Å². The lowest BCUT2D eigenvalue weighted by Crippen LogP contribution is -2.39. The number of amides is 2. The fourth-order valence-electron chi connectivity index (χ4n) is 5.31. The maximum atomic E-state index is 13.3. The molecule has 1 fully saturated rings. The Kier molecular flexibility index (Phi) is 13.3. The van der Waals surface area contributed by atoms with E-state index in [4.69, 9.17) is 4.99 Å². The van der Waals surface area contributed by atoms with Gasteiger partial charge in [-0.05, 0) is 120 Å². The van der Waals surface area contributed by atoms with E-state index in [1.807, 2.05) is 76.8 Å². The summed E-state index contributed by atoms with van der Waals surface area (Å²) in [5, 5.41) is 11.9. The van der Waals surface area contributed by atoms with E-state index in [1.165, 1.54) is 11.8 Å². The Hall–Kier alpha value is -3.78. The van der Waals surface area contributed by atoms with Crippen molar-refractivity contribution in [3.8, 4) is 0 Å². The largest absolute Gasteiger partial charge is 0.364 e. The molecule has 1 aromatic carbocycles. The molecule has 7 nitrogen and oxygen atoms in total. The van der Waals surface area contributed by atoms with Crippen LogP contribution in [0.25, 0.3) is 0 Å². The van der Waals surface area contributed by atoms with Crippen LogP contribution in [0.15, 0.2) is 93.4 Å². The summed E-state index contributed by atoms with van der Waals surface area (Å²) in [6.07, 6.45) is 11.5. The van der Waals surface area contributed by atoms with E-state index in [0.717, 1.165) is 75.8 Å². The van der Waals surface area contributed by atoms with Gasteiger partial charge in [-0.2, -0.15) is 0 Å². The number of thioether (sulfide) groups is 1. The number of hydrogen-bond donors (Lipinski definition) is 3. The Balaban J connectivity index is 1.77. The number of benzene rings is 1. The van der Waals surface area contributed by atoms with Gasteiger partial charge < -0.3 is 20.9 Å². The Labute approximate surface area is 268 Å². The van der Waals surface area contributed by atoms with Crippen molar-refractivity contribution in [3.05, 3.63) is 94.0 Å². The lowest BCUT2D eigenvalue weighted by Gasteiger charge is -2.32. The number of piperidine rings is 1. The first-order valence-electron chi connectivity index (χ1n) is 15.5. The third-order valence-corrected chi connectivity index (χ3v) is 8.95. The molecule has 0 aromatic heterocycles. The number of aliphatic imine (C=N–C) groups is 1. The standard InChI is InChI=1S/C36H49N5O2S/c1-9-25(7)35-38-26(8)37-30(11-3)21-27(10-2)13-14-29-23-31(39-35)15-16-32(29)40-33(42)22-28-17-19-41(20-18-28)36(43)34(24(5)6)44-12-4/h9-12,15-16,21,23,26,28,37H,2,4,13-14,17-20,22H2,1,3,5-8H3,(H,38,39)(H,40,42)/b25-9-,27-21+,30-11+. The molecule has 0 aliphatic carbocycles. The average Bonchev–Trinajstić information content (AvgIpc) is 3.01. The van der Waals surface area contributed by atoms with Gasteiger partial charge >= 0.3 is 0 Å². The van der Waals surface area contributed by atoms with E-state index >= 15 is 0 Å². The molecule has 3 rings (SSSR count). The van der Waals surface area contributed by atoms with Crippen LogP contribution in [0.2, 0.25) is 0 Å². The first kappa shape index (κ1) is 34.7. The topological polar surface area (TPSA) is 85.8 Å². The summed E-state index contributed by atoms with van der Waals surface area (Å²) in [6, 6.07) is 6.07. The van der Waals surface area contributed by atoms with Gasteiger partial charge in [-0.3, -0.25) is 9.59 Å². The number of carbonyl (C=O) groups excluding carboxylic acids is 2. The minimum Gasteiger partial charge on any atom is -0.364 e. The monoisotopic (exact) mass is 615 g/mol. The molecule has 0 spiro atoms. The number of aryl methyl sites for hydroxylation is 1. The normalized spacial score (nSPS) is 21.5. The molecule has 44 heavy (non-hydrogen) atoms. The number of anilines is 2. The molecular weight excluding hydrogens is 566 g/mol. The summed E-state index contributed by atoms with van der Waals surface area (Å²) in [5.41, 5.74) is 6.91. The molecule has 0 radical (unpaired) electrons. The lowest BCUT2D eigenvalue weighted by molar-refractivity contribution is -0.127. The van der Waals surface area contributed by atoms with Crippen LogP contribution in [0.3, 0.4) is 0 Å². The molecule has 2 amide bonds. The second-order valence-electron chi connectivity index (χ2n) is 11.5. The van der Waals surface area contributed by atoms with E-state index in [9.17, 15) is 9.59 Å². The van der Waals surface area contributed by atoms with Gasteiger partial charge in [0.1, 0.15) is 12.0 Å². The molecule has 2 bridgehead atoms. The first-order chi connectivity index (χ1) is 21.1. The van der Waals surface area contributed by atoms with Crippen molar-refractivity contribution in [1.29, 1.82) is 0 Å². The smallest absolute Gasteiger partial charge is 0.260 e. The zero-order valence-corrected chi connectivity index (χ0v) is 28.1. The summed E-state index contributed by atoms with van der Waals surface area (Å²) in [5.74, 6) is 1.09. The highest BCUT2D eigenvalue weighted by atomic mass is 32.2. The van der Waals surface area contributed by atoms with Crippen LogP contribution in [0, 0.1) is 5.92 Å². The number of fused-ring (bicyclic) bond motifs is 2. The second-order valence-corrected chi connectivity index (χ2v) is 12.5. The Morgan fingerprint density at radius 2 is 1.86 bits per heavy atom. The van der Waals surface area contributed by atoms with Gasteiger partial charge in [0, 0.05) is 36.6 Å². The summed E-state index contributed by atoms with van der Waals surface area (Å²) in [7, 11) is 0. The van der Waals surface area contributed by atoms with Crippen LogP contribution in [-0.2, 0) is 16.0 Å². The molecule has 1 unspecified atom stereocenters. The van der Waals surface area contributed by atoms with Crippen LogP contribution in [-0.4, -0.2) is 41.8 Å². The van der Waals surface area contributed by atoms with E-state index in [2.05, 4.69) is 41.3 Å². The molecule has 8 heteroatoms. The number of carbonyl (C=O) groups is 2. The van der Waals surface area contributed by atoms with Crippen LogP contribution in [0.5, 0.6) is 0 Å². The van der Waals surface area contributed by atoms with Crippen molar-refractivity contribution in [2.24, 2.45) is 10.9 Å². The van der Waals surface area contributed by atoms with Crippen molar-refractivity contribution in [3.63, 3.8) is 0 Å². The molecule has 3 N–H and O–H groups in total. The first-order valence-corrected chi connectivity index (χ1v) is 16.4. The summed E-state index contributed by atoms with van der Waals surface area (Å²) < 4.78 is 0. The molecule has 1 aromatic rings. The van der Waals surface area contributed by atoms with Crippen LogP contribution in [0.4, 0.5) is 11.4 Å². The van der Waals surface area contributed by atoms with Gasteiger partial charge in [-0.25, -0.2) is 4.99 Å². The molecule has 2 aliphatic rings. The molecule has 236 valence electrons. The van der Waals surface area contributed by atoms with E-state index < -0.39 is 0 Å². The highest BCUT2D eigenvalue weighted by Crippen LogP contribution is 2.29. The number of allylic oxidation sites excluding steroid dienone is 6. The number of rotatable bonds is 8. The zero-order chi connectivity index (χ0) is 32.2. The molecule has 2 aliphatic heterocycles. The Bertz CT molecular complexity index is 1390. The fourth-order valence-corrected chi connectivity index (χ4v) is 5.94. The summed E-state index contributed by atoms with van der Waals surface area (Å²) in [4.78, 5) is 33.9. The molecule has 0 saturated carbocycles. The zero-order valence-electron chi connectivity index (χ0n) is 27.3. The average molecular weight is 616 g/mol. The van der Waals surface area contributed by atoms with E-state index in [0.29, 0.717) is 19.5 Å². The maximum absolute atomic E-state index is 13.3. The number of amidine groups is 1. The van der Waals surface area contributed by atoms with Gasteiger partial charge in [0.2, 0.25) is 5.91 Å². The number of likely N-dealkylation sites (tertiary alicyclic amines) is 1. The van der Waals surface area contributed by atoms with E-state index in [-0.39, 0.29) is 23.9 Å².